The molecule has 0 bridgehead atoms. The summed E-state index contributed by atoms with van der Waals surface area (Å²) in [6.45, 7) is 0. The molecule has 0 aliphatic rings. The van der Waals surface area contributed by atoms with Gasteiger partial charge in [-0.3, -0.25) is 0 Å². The molecule has 0 spiro atoms. The first-order valence-corrected chi connectivity index (χ1v) is 4.59. The van der Waals surface area contributed by atoms with Gasteiger partial charge in [0.15, 0.2) is 6.10 Å². The lowest BCUT2D eigenvalue weighted by atomic mass is 10.1. The Hall–Kier alpha value is -1.96. The van der Waals surface area contributed by atoms with Crippen LogP contribution in [-0.2, 0) is 4.79 Å². The van der Waals surface area contributed by atoms with E-state index in [4.69, 9.17) is 5.11 Å². The Kier molecular flexibility index (Phi) is 4.02. The first kappa shape index (κ1) is 14.1. The Bertz CT molecular complexity index is 444. The molecule has 0 saturated carbocycles. The third-order valence-electron chi connectivity index (χ3n) is 1.97. The van der Waals surface area contributed by atoms with Crippen LogP contribution < -0.4 is 9.47 Å². The van der Waals surface area contributed by atoms with Crippen molar-refractivity contribution in [2.75, 3.05) is 7.11 Å². The molecule has 0 heterocycles. The monoisotopic (exact) mass is 266 g/mol. The molecule has 2 N–H and O–H groups in total. The zero-order valence-corrected chi connectivity index (χ0v) is 9.06. The summed E-state index contributed by atoms with van der Waals surface area (Å²) in [4.78, 5) is 10.6. The summed E-state index contributed by atoms with van der Waals surface area (Å²) in [5.74, 6) is -2.47. The van der Waals surface area contributed by atoms with Gasteiger partial charge in [0.05, 0.1) is 7.11 Å². The van der Waals surface area contributed by atoms with Crippen molar-refractivity contribution in [3.05, 3.63) is 23.8 Å². The average Bonchev–Trinajstić information content (AvgIpc) is 2.25. The van der Waals surface area contributed by atoms with Crippen molar-refractivity contribution in [3.63, 3.8) is 0 Å². The van der Waals surface area contributed by atoms with E-state index < -0.39 is 29.7 Å². The van der Waals surface area contributed by atoms with Crippen molar-refractivity contribution in [2.24, 2.45) is 0 Å². The van der Waals surface area contributed by atoms with Crippen molar-refractivity contribution < 1.29 is 37.7 Å². The van der Waals surface area contributed by atoms with Crippen LogP contribution in [0.15, 0.2) is 18.2 Å². The van der Waals surface area contributed by atoms with E-state index in [2.05, 4.69) is 9.47 Å². The van der Waals surface area contributed by atoms with Gasteiger partial charge in [0.1, 0.15) is 11.5 Å². The second kappa shape index (κ2) is 5.13. The van der Waals surface area contributed by atoms with Crippen molar-refractivity contribution in [2.45, 2.75) is 12.5 Å². The second-order valence-corrected chi connectivity index (χ2v) is 3.19. The fraction of sp³-hybridized carbons (Fsp3) is 0.300. The van der Waals surface area contributed by atoms with Gasteiger partial charge in [0, 0.05) is 11.6 Å². The van der Waals surface area contributed by atoms with E-state index in [1.165, 1.54) is 13.2 Å². The molecule has 1 atom stereocenters. The molecule has 0 aromatic heterocycles. The molecule has 8 heteroatoms. The van der Waals surface area contributed by atoms with Gasteiger partial charge in [-0.2, -0.15) is 0 Å². The molecular formula is C10H9F3O5. The predicted molar refractivity (Wildman–Crippen MR) is 52.3 cm³/mol. The number of aliphatic carboxylic acids is 1. The number of ether oxygens (including phenoxy) is 2. The Morgan fingerprint density at radius 1 is 1.39 bits per heavy atom. The molecule has 0 saturated heterocycles. The average molecular weight is 266 g/mol. The summed E-state index contributed by atoms with van der Waals surface area (Å²) >= 11 is 0. The molecule has 1 rings (SSSR count). The second-order valence-electron chi connectivity index (χ2n) is 3.19. The number of halogens is 3. The predicted octanol–water partition coefficient (Wildman–Crippen LogP) is 1.71. The van der Waals surface area contributed by atoms with Gasteiger partial charge in [-0.25, -0.2) is 4.79 Å². The molecular weight excluding hydrogens is 257 g/mol. The minimum Gasteiger partial charge on any atom is -0.497 e. The van der Waals surface area contributed by atoms with E-state index >= 15 is 0 Å². The zero-order valence-electron chi connectivity index (χ0n) is 9.06. The van der Waals surface area contributed by atoms with Crippen molar-refractivity contribution in [1.82, 2.24) is 0 Å². The Labute approximate surface area is 99.4 Å². The summed E-state index contributed by atoms with van der Waals surface area (Å²) in [5.41, 5.74) is -0.513. The van der Waals surface area contributed by atoms with Crippen LogP contribution in [0.2, 0.25) is 0 Å². The fourth-order valence-corrected chi connectivity index (χ4v) is 1.21. The smallest absolute Gasteiger partial charge is 0.497 e. The van der Waals surface area contributed by atoms with Gasteiger partial charge in [-0.15, -0.1) is 13.2 Å². The third-order valence-corrected chi connectivity index (χ3v) is 1.97. The molecule has 0 radical (unpaired) electrons. The standard InChI is InChI=1S/C10H9F3O5/c1-17-5-2-3-6(8(14)9(15)16)7(4-5)18-10(11,12)13/h2-4,8,14H,1H3,(H,15,16). The van der Waals surface area contributed by atoms with Gasteiger partial charge in [-0.1, -0.05) is 0 Å². The molecule has 0 aliphatic carbocycles. The lowest BCUT2D eigenvalue weighted by Gasteiger charge is -2.15. The number of aliphatic hydroxyl groups excluding tert-OH is 1. The first-order chi connectivity index (χ1) is 8.24. The molecule has 0 aliphatic heterocycles. The number of hydrogen-bond donors (Lipinski definition) is 2. The zero-order chi connectivity index (χ0) is 13.9. The number of benzene rings is 1. The van der Waals surface area contributed by atoms with Crippen LogP contribution in [0.3, 0.4) is 0 Å². The van der Waals surface area contributed by atoms with Crippen LogP contribution in [-0.4, -0.2) is 29.7 Å². The highest BCUT2D eigenvalue weighted by atomic mass is 19.4. The van der Waals surface area contributed by atoms with Crippen molar-refractivity contribution >= 4 is 5.97 Å². The SMILES string of the molecule is COc1ccc(C(O)C(=O)O)c(OC(F)(F)F)c1. The number of alkyl halides is 3. The molecule has 1 unspecified atom stereocenters. The van der Waals surface area contributed by atoms with E-state index in [1.807, 2.05) is 0 Å². The van der Waals surface area contributed by atoms with Crippen LogP contribution in [0.25, 0.3) is 0 Å². The molecule has 0 amide bonds. The summed E-state index contributed by atoms with van der Waals surface area (Å²) in [7, 11) is 1.22. The number of aliphatic hydroxyl groups is 1. The maximum atomic E-state index is 12.1. The summed E-state index contributed by atoms with van der Waals surface area (Å²) in [5, 5.41) is 17.8. The van der Waals surface area contributed by atoms with E-state index in [0.717, 1.165) is 12.1 Å². The van der Waals surface area contributed by atoms with Gasteiger partial charge >= 0.3 is 12.3 Å². The number of carboxylic acids is 1. The van der Waals surface area contributed by atoms with Crippen molar-refractivity contribution in [3.8, 4) is 11.5 Å². The van der Waals surface area contributed by atoms with Gasteiger partial charge in [-0.05, 0) is 12.1 Å². The topological polar surface area (TPSA) is 76.0 Å². The minimum absolute atomic E-state index is 0.0376. The quantitative estimate of drug-likeness (QED) is 0.867. The molecule has 18 heavy (non-hydrogen) atoms. The molecule has 1 aromatic rings. The number of carbonyl (C=O) groups is 1. The van der Waals surface area contributed by atoms with Crippen molar-refractivity contribution in [1.29, 1.82) is 0 Å². The van der Waals surface area contributed by atoms with Gasteiger partial charge in [0.2, 0.25) is 0 Å². The lowest BCUT2D eigenvalue weighted by molar-refractivity contribution is -0.275. The lowest BCUT2D eigenvalue weighted by Crippen LogP contribution is -2.20. The molecule has 0 fully saturated rings. The molecule has 1 aromatic carbocycles. The normalized spacial score (nSPS) is 12.9. The number of hydrogen-bond acceptors (Lipinski definition) is 4. The number of rotatable bonds is 4. The summed E-state index contributed by atoms with van der Waals surface area (Å²) in [6.07, 6.45) is -7.12. The third kappa shape index (κ3) is 3.52. The van der Waals surface area contributed by atoms with Crippen LogP contribution >= 0.6 is 0 Å². The van der Waals surface area contributed by atoms with Gasteiger partial charge in [0.25, 0.3) is 0 Å². The highest BCUT2D eigenvalue weighted by molar-refractivity contribution is 5.75. The summed E-state index contributed by atoms with van der Waals surface area (Å²) in [6, 6.07) is 3.04. The highest BCUT2D eigenvalue weighted by Crippen LogP contribution is 2.33. The van der Waals surface area contributed by atoms with Crippen LogP contribution in [0.1, 0.15) is 11.7 Å². The molecule has 100 valence electrons. The van der Waals surface area contributed by atoms with E-state index in [0.29, 0.717) is 0 Å². The Morgan fingerprint density at radius 3 is 2.44 bits per heavy atom. The maximum absolute atomic E-state index is 12.1. The maximum Gasteiger partial charge on any atom is 0.573 e. The van der Waals surface area contributed by atoms with E-state index in [-0.39, 0.29) is 5.75 Å². The number of carboxylic acid groups (broad SMARTS) is 1. The Balaban J connectivity index is 3.20. The van der Waals surface area contributed by atoms with Crippen LogP contribution in [0.4, 0.5) is 13.2 Å². The first-order valence-electron chi connectivity index (χ1n) is 4.59. The highest BCUT2D eigenvalue weighted by Gasteiger charge is 2.34. The van der Waals surface area contributed by atoms with Crippen LogP contribution in [0, 0.1) is 0 Å². The largest absolute Gasteiger partial charge is 0.573 e. The summed E-state index contributed by atoms with van der Waals surface area (Å²) < 4.78 is 44.7. The van der Waals surface area contributed by atoms with Gasteiger partial charge < -0.3 is 19.7 Å². The van der Waals surface area contributed by atoms with Crippen LogP contribution in [0.5, 0.6) is 11.5 Å². The number of methoxy groups -OCH3 is 1. The Morgan fingerprint density at radius 2 is 2.00 bits per heavy atom. The van der Waals surface area contributed by atoms with E-state index in [1.54, 1.807) is 0 Å². The minimum atomic E-state index is -5.00. The molecule has 5 nitrogen and oxygen atoms in total. The fourth-order valence-electron chi connectivity index (χ4n) is 1.21. The van der Waals surface area contributed by atoms with E-state index in [9.17, 15) is 23.1 Å².